The Bertz CT molecular complexity index is 1390. The quantitative estimate of drug-likeness (QED) is 0.115. The first-order valence-electron chi connectivity index (χ1n) is 11.1. The summed E-state index contributed by atoms with van der Waals surface area (Å²) in [5, 5.41) is 0.113. The maximum atomic E-state index is 13.0. The molecule has 0 aromatic heterocycles. The predicted molar refractivity (Wildman–Crippen MR) is 151 cm³/mol. The number of imide groups is 1. The monoisotopic (exact) mass is 649 g/mol. The highest BCUT2D eigenvalue weighted by molar-refractivity contribution is 14.1. The smallest absolute Gasteiger partial charge is 0.343 e. The Morgan fingerprint density at radius 2 is 1.84 bits per heavy atom. The average molecular weight is 650 g/mol. The number of methoxy groups -OCH3 is 1. The molecule has 1 fully saturated rings. The van der Waals surface area contributed by atoms with Crippen molar-refractivity contribution in [1.82, 2.24) is 4.90 Å². The molecule has 2 amide bonds. The molecule has 0 spiro atoms. The van der Waals surface area contributed by atoms with Crippen LogP contribution in [0.1, 0.15) is 28.4 Å². The number of amides is 2. The second-order valence-corrected chi connectivity index (χ2v) is 10.3. The number of rotatable bonds is 8. The Hall–Kier alpha value is -3.02. The number of benzene rings is 3. The first-order valence-corrected chi connectivity index (χ1v) is 13.4. The van der Waals surface area contributed by atoms with Gasteiger partial charge in [-0.25, -0.2) is 4.79 Å². The van der Waals surface area contributed by atoms with E-state index in [1.165, 1.54) is 0 Å². The van der Waals surface area contributed by atoms with Gasteiger partial charge in [0.05, 0.1) is 34.3 Å². The molecular weight excluding hydrogens is 629 g/mol. The van der Waals surface area contributed by atoms with E-state index in [9.17, 15) is 14.4 Å². The second-order valence-electron chi connectivity index (χ2n) is 7.74. The molecule has 10 heteroatoms. The largest absolute Gasteiger partial charge is 0.497 e. The van der Waals surface area contributed by atoms with Crippen molar-refractivity contribution >= 4 is 69.1 Å². The lowest BCUT2D eigenvalue weighted by Gasteiger charge is -2.14. The fourth-order valence-corrected chi connectivity index (χ4v) is 5.27. The van der Waals surface area contributed by atoms with Gasteiger partial charge in [-0.3, -0.25) is 14.5 Å². The van der Waals surface area contributed by atoms with Crippen molar-refractivity contribution in [3.8, 4) is 17.2 Å². The van der Waals surface area contributed by atoms with Crippen LogP contribution in [0.4, 0.5) is 4.79 Å². The number of hydrogen-bond acceptors (Lipinski definition) is 7. The minimum absolute atomic E-state index is 0.0870. The molecule has 3 aromatic rings. The summed E-state index contributed by atoms with van der Waals surface area (Å²) >= 11 is 9.11. The van der Waals surface area contributed by atoms with Crippen LogP contribution in [0.15, 0.2) is 65.6 Å². The van der Waals surface area contributed by atoms with Gasteiger partial charge < -0.3 is 14.2 Å². The molecule has 1 aliphatic rings. The van der Waals surface area contributed by atoms with E-state index in [4.69, 9.17) is 25.8 Å². The number of esters is 1. The van der Waals surface area contributed by atoms with Crippen molar-refractivity contribution in [1.29, 1.82) is 0 Å². The molecule has 0 saturated carbocycles. The van der Waals surface area contributed by atoms with Gasteiger partial charge in [-0.2, -0.15) is 0 Å². The van der Waals surface area contributed by atoms with Crippen LogP contribution < -0.4 is 14.2 Å². The molecule has 1 heterocycles. The first-order chi connectivity index (χ1) is 17.8. The van der Waals surface area contributed by atoms with Crippen molar-refractivity contribution in [3.63, 3.8) is 0 Å². The maximum Gasteiger partial charge on any atom is 0.343 e. The standard InChI is InChI=1S/C27H21ClINO6S/c1-3-35-22-13-16(12-21(29)24(22)36-26(32)17-8-10-19(34-2)11-9-17)14-23-25(31)30(27(33)37-23)15-18-6-4-5-7-20(18)28/h4-14H,3,15H2,1-2H3/b23-14-. The number of thioether (sulfide) groups is 1. The van der Waals surface area contributed by atoms with Crippen LogP contribution in [0.2, 0.25) is 5.02 Å². The van der Waals surface area contributed by atoms with Gasteiger partial charge in [0.1, 0.15) is 5.75 Å². The van der Waals surface area contributed by atoms with E-state index >= 15 is 0 Å². The van der Waals surface area contributed by atoms with E-state index in [-0.39, 0.29) is 22.4 Å². The third kappa shape index (κ3) is 6.28. The van der Waals surface area contributed by atoms with E-state index in [1.54, 1.807) is 73.8 Å². The van der Waals surface area contributed by atoms with Crippen LogP contribution >= 0.6 is 46.0 Å². The molecule has 7 nitrogen and oxygen atoms in total. The van der Waals surface area contributed by atoms with Crippen molar-refractivity contribution in [2.75, 3.05) is 13.7 Å². The molecule has 4 rings (SSSR count). The number of nitrogens with zero attached hydrogens (tertiary/aromatic N) is 1. The highest BCUT2D eigenvalue weighted by Crippen LogP contribution is 2.38. The maximum absolute atomic E-state index is 13.0. The van der Waals surface area contributed by atoms with Gasteiger partial charge in [0.15, 0.2) is 11.5 Å². The molecule has 1 aliphatic heterocycles. The lowest BCUT2D eigenvalue weighted by Crippen LogP contribution is -2.27. The molecule has 0 bridgehead atoms. The van der Waals surface area contributed by atoms with Crippen LogP contribution in [0.5, 0.6) is 17.2 Å². The van der Waals surface area contributed by atoms with Crippen LogP contribution in [-0.2, 0) is 11.3 Å². The summed E-state index contributed by atoms with van der Waals surface area (Å²) in [6.45, 7) is 2.24. The molecule has 3 aromatic carbocycles. The van der Waals surface area contributed by atoms with E-state index in [2.05, 4.69) is 0 Å². The number of carbonyl (C=O) groups excluding carboxylic acids is 3. The summed E-state index contributed by atoms with van der Waals surface area (Å²) in [7, 11) is 1.55. The zero-order chi connectivity index (χ0) is 26.5. The minimum atomic E-state index is -0.546. The summed E-state index contributed by atoms with van der Waals surface area (Å²) < 4.78 is 17.1. The van der Waals surface area contributed by atoms with Crippen molar-refractivity contribution < 1.29 is 28.6 Å². The van der Waals surface area contributed by atoms with Crippen LogP contribution in [0, 0.1) is 3.57 Å². The van der Waals surface area contributed by atoms with Gasteiger partial charge in [0, 0.05) is 5.02 Å². The molecule has 0 aliphatic carbocycles. The molecular formula is C27H21ClINO6S. The molecule has 0 radical (unpaired) electrons. The number of halogens is 2. The molecule has 0 atom stereocenters. The Labute approximate surface area is 236 Å². The van der Waals surface area contributed by atoms with Crippen molar-refractivity contribution in [2.24, 2.45) is 0 Å². The number of carbonyl (C=O) groups is 3. The zero-order valence-electron chi connectivity index (χ0n) is 19.8. The molecule has 0 unspecified atom stereocenters. The van der Waals surface area contributed by atoms with Crippen LogP contribution in [0.3, 0.4) is 0 Å². The number of ether oxygens (including phenoxy) is 3. The van der Waals surface area contributed by atoms with Gasteiger partial charge in [-0.1, -0.05) is 29.8 Å². The van der Waals surface area contributed by atoms with Gasteiger partial charge in [-0.05, 0) is 101 Å². The Morgan fingerprint density at radius 3 is 2.51 bits per heavy atom. The molecule has 190 valence electrons. The van der Waals surface area contributed by atoms with Crippen molar-refractivity contribution in [3.05, 3.63) is 90.9 Å². The summed E-state index contributed by atoms with van der Waals surface area (Å²) in [6, 6.07) is 17.1. The fraction of sp³-hybridized carbons (Fsp3) is 0.148. The summed E-state index contributed by atoms with van der Waals surface area (Å²) in [5.74, 6) is 0.291. The average Bonchev–Trinajstić information content (AvgIpc) is 3.14. The summed E-state index contributed by atoms with van der Waals surface area (Å²) in [5.41, 5.74) is 1.67. The summed E-state index contributed by atoms with van der Waals surface area (Å²) in [4.78, 5) is 39.8. The topological polar surface area (TPSA) is 82.1 Å². The van der Waals surface area contributed by atoms with E-state index in [0.29, 0.717) is 43.4 Å². The fourth-order valence-electron chi connectivity index (χ4n) is 3.50. The van der Waals surface area contributed by atoms with Gasteiger partial charge in [0.25, 0.3) is 11.1 Å². The SMILES string of the molecule is CCOc1cc(/C=C2\SC(=O)N(Cc3ccccc3Cl)C2=O)cc(I)c1OC(=O)c1ccc(OC)cc1. The lowest BCUT2D eigenvalue weighted by atomic mass is 10.1. The third-order valence-corrected chi connectivity index (χ3v) is 7.39. The van der Waals surface area contributed by atoms with Gasteiger partial charge in [-0.15, -0.1) is 0 Å². The highest BCUT2D eigenvalue weighted by Gasteiger charge is 2.35. The van der Waals surface area contributed by atoms with Gasteiger partial charge >= 0.3 is 5.97 Å². The van der Waals surface area contributed by atoms with E-state index < -0.39 is 11.9 Å². The lowest BCUT2D eigenvalue weighted by molar-refractivity contribution is -0.123. The third-order valence-electron chi connectivity index (χ3n) is 5.31. The molecule has 0 N–H and O–H groups in total. The molecule has 37 heavy (non-hydrogen) atoms. The first kappa shape index (κ1) is 27.0. The Morgan fingerprint density at radius 1 is 1.11 bits per heavy atom. The van der Waals surface area contributed by atoms with E-state index in [1.807, 2.05) is 29.5 Å². The Balaban J connectivity index is 1.58. The zero-order valence-corrected chi connectivity index (χ0v) is 23.6. The summed E-state index contributed by atoms with van der Waals surface area (Å²) in [6.07, 6.45) is 1.62. The predicted octanol–water partition coefficient (Wildman–Crippen LogP) is 6.81. The van der Waals surface area contributed by atoms with Crippen LogP contribution in [-0.4, -0.2) is 35.7 Å². The Kier molecular flexibility index (Phi) is 8.78. The van der Waals surface area contributed by atoms with Crippen molar-refractivity contribution in [2.45, 2.75) is 13.5 Å². The second kappa shape index (κ2) is 12.0. The minimum Gasteiger partial charge on any atom is -0.497 e. The van der Waals surface area contributed by atoms with Gasteiger partial charge in [0.2, 0.25) is 0 Å². The normalized spacial score (nSPS) is 14.3. The highest BCUT2D eigenvalue weighted by atomic mass is 127. The number of hydrogen-bond donors (Lipinski definition) is 0. The molecule has 1 saturated heterocycles. The van der Waals surface area contributed by atoms with Crippen LogP contribution in [0.25, 0.3) is 6.08 Å². The van der Waals surface area contributed by atoms with E-state index in [0.717, 1.165) is 16.7 Å².